The van der Waals surface area contributed by atoms with Crippen LogP contribution in [0.2, 0.25) is 0 Å². The Kier molecular flexibility index (Phi) is 7.80. The lowest BCUT2D eigenvalue weighted by Crippen LogP contribution is -2.26. The summed E-state index contributed by atoms with van der Waals surface area (Å²) in [6.45, 7) is 4.04. The Bertz CT molecular complexity index is 356. The largest absolute Gasteiger partial charge is 0.379 e. The van der Waals surface area contributed by atoms with E-state index in [9.17, 15) is 0 Å². The molecule has 0 radical (unpaired) electrons. The van der Waals surface area contributed by atoms with E-state index in [-0.39, 0.29) is 6.04 Å². The number of nitrogens with two attached hydrogens (primary N) is 1. The van der Waals surface area contributed by atoms with Gasteiger partial charge in [0.2, 0.25) is 0 Å². The third-order valence-corrected chi connectivity index (χ3v) is 2.21. The topological polar surface area (TPSA) is 86.0 Å². The van der Waals surface area contributed by atoms with Crippen LogP contribution in [0, 0.1) is 11.8 Å². The lowest BCUT2D eigenvalue weighted by Gasteiger charge is -2.09. The highest BCUT2D eigenvalue weighted by Crippen LogP contribution is 1.92. The van der Waals surface area contributed by atoms with E-state index in [0.29, 0.717) is 32.8 Å². The predicted molar refractivity (Wildman–Crippen MR) is 67.8 cm³/mol. The summed E-state index contributed by atoms with van der Waals surface area (Å²) in [4.78, 5) is 0. The van der Waals surface area contributed by atoms with Crippen LogP contribution >= 0.6 is 0 Å². The molecule has 0 aliphatic rings. The molecule has 6 nitrogen and oxygen atoms in total. The minimum absolute atomic E-state index is 0.0208. The van der Waals surface area contributed by atoms with Crippen molar-refractivity contribution in [3.05, 3.63) is 11.9 Å². The molecule has 0 aliphatic carbocycles. The van der Waals surface area contributed by atoms with Gasteiger partial charge in [0, 0.05) is 18.9 Å². The molecule has 3 N–H and O–H groups in total. The zero-order chi connectivity index (χ0) is 13.1. The van der Waals surface area contributed by atoms with Crippen LogP contribution in [0.3, 0.4) is 0 Å². The van der Waals surface area contributed by atoms with Crippen LogP contribution in [-0.4, -0.2) is 47.9 Å². The molecule has 1 atom stereocenters. The van der Waals surface area contributed by atoms with Crippen molar-refractivity contribution in [1.29, 1.82) is 0 Å². The summed E-state index contributed by atoms with van der Waals surface area (Å²) in [6.07, 6.45) is 3.11. The van der Waals surface area contributed by atoms with Crippen molar-refractivity contribution in [2.45, 2.75) is 25.8 Å². The molecule has 18 heavy (non-hydrogen) atoms. The van der Waals surface area contributed by atoms with Crippen molar-refractivity contribution in [2.75, 3.05) is 26.4 Å². The number of aromatic nitrogens is 3. The second-order valence-corrected chi connectivity index (χ2v) is 3.79. The van der Waals surface area contributed by atoms with Gasteiger partial charge in [-0.3, -0.25) is 0 Å². The maximum Gasteiger partial charge on any atom is 0.0847 e. The van der Waals surface area contributed by atoms with Gasteiger partial charge in [0.1, 0.15) is 0 Å². The van der Waals surface area contributed by atoms with Crippen LogP contribution < -0.4 is 5.73 Å². The van der Waals surface area contributed by atoms with Gasteiger partial charge in [0.05, 0.1) is 38.3 Å². The zero-order valence-corrected chi connectivity index (χ0v) is 10.7. The summed E-state index contributed by atoms with van der Waals surface area (Å²) in [5, 5.41) is 10.2. The molecule has 100 valence electrons. The highest BCUT2D eigenvalue weighted by Gasteiger charge is 2.00. The Labute approximate surface area is 107 Å². The fourth-order valence-electron chi connectivity index (χ4n) is 1.27. The second kappa shape index (κ2) is 9.59. The zero-order valence-electron chi connectivity index (χ0n) is 10.7. The average Bonchev–Trinajstić information content (AvgIpc) is 2.88. The summed E-state index contributed by atoms with van der Waals surface area (Å²) in [6, 6.07) is -0.0208. The number of nitrogens with one attached hydrogen (secondary N) is 1. The standard InChI is InChI=1S/C12H20N4O2/c1-2-3-4-11(13)10-18-8-7-17-6-5-12-9-14-16-15-12/h9,11H,4-8,10,13H2,1H3,(H,14,15,16). The highest BCUT2D eigenvalue weighted by atomic mass is 16.5. The molecule has 0 saturated carbocycles. The monoisotopic (exact) mass is 252 g/mol. The molecule has 1 heterocycles. The van der Waals surface area contributed by atoms with Gasteiger partial charge in [0.25, 0.3) is 0 Å². The first-order valence-electron chi connectivity index (χ1n) is 5.98. The smallest absolute Gasteiger partial charge is 0.0847 e. The minimum atomic E-state index is -0.0208. The van der Waals surface area contributed by atoms with Gasteiger partial charge in [-0.05, 0) is 6.92 Å². The second-order valence-electron chi connectivity index (χ2n) is 3.79. The van der Waals surface area contributed by atoms with Crippen molar-refractivity contribution >= 4 is 0 Å². The Hall–Kier alpha value is -1.42. The van der Waals surface area contributed by atoms with Crippen molar-refractivity contribution in [2.24, 2.45) is 5.73 Å². The van der Waals surface area contributed by atoms with Crippen LogP contribution in [0.5, 0.6) is 0 Å². The van der Waals surface area contributed by atoms with Crippen LogP contribution in [-0.2, 0) is 15.9 Å². The summed E-state index contributed by atoms with van der Waals surface area (Å²) < 4.78 is 10.8. The molecular formula is C12H20N4O2. The molecule has 0 aliphatic heterocycles. The van der Waals surface area contributed by atoms with E-state index in [2.05, 4.69) is 27.3 Å². The van der Waals surface area contributed by atoms with Crippen molar-refractivity contribution in [3.8, 4) is 11.8 Å². The molecule has 1 unspecified atom stereocenters. The first-order chi connectivity index (χ1) is 8.83. The molecule has 0 saturated heterocycles. The van der Waals surface area contributed by atoms with Gasteiger partial charge in [-0.25, -0.2) is 0 Å². The Morgan fingerprint density at radius 2 is 2.22 bits per heavy atom. The normalized spacial score (nSPS) is 11.9. The molecule has 0 spiro atoms. The van der Waals surface area contributed by atoms with Crippen molar-refractivity contribution < 1.29 is 9.47 Å². The Morgan fingerprint density at radius 1 is 1.39 bits per heavy atom. The van der Waals surface area contributed by atoms with Gasteiger partial charge >= 0.3 is 0 Å². The number of ether oxygens (including phenoxy) is 2. The number of nitrogens with zero attached hydrogens (tertiary/aromatic N) is 2. The first-order valence-corrected chi connectivity index (χ1v) is 5.98. The lowest BCUT2D eigenvalue weighted by atomic mass is 10.2. The molecule has 0 aromatic carbocycles. The van der Waals surface area contributed by atoms with Gasteiger partial charge in [-0.15, -0.1) is 11.8 Å². The number of hydrogen-bond acceptors (Lipinski definition) is 5. The third kappa shape index (κ3) is 7.01. The van der Waals surface area contributed by atoms with E-state index >= 15 is 0 Å². The third-order valence-electron chi connectivity index (χ3n) is 2.21. The Balaban J connectivity index is 1.87. The average molecular weight is 252 g/mol. The number of rotatable bonds is 9. The van der Waals surface area contributed by atoms with E-state index in [1.54, 1.807) is 13.1 Å². The minimum Gasteiger partial charge on any atom is -0.379 e. The fraction of sp³-hybridized carbons (Fsp3) is 0.667. The quantitative estimate of drug-likeness (QED) is 0.481. The van der Waals surface area contributed by atoms with Gasteiger partial charge in [-0.1, -0.05) is 0 Å². The maximum absolute atomic E-state index is 5.78. The fourth-order valence-corrected chi connectivity index (χ4v) is 1.27. The summed E-state index contributed by atoms with van der Waals surface area (Å²) >= 11 is 0. The van der Waals surface area contributed by atoms with Crippen molar-refractivity contribution in [3.63, 3.8) is 0 Å². The van der Waals surface area contributed by atoms with E-state index in [0.717, 1.165) is 12.1 Å². The Morgan fingerprint density at radius 3 is 2.94 bits per heavy atom. The lowest BCUT2D eigenvalue weighted by molar-refractivity contribution is 0.0439. The number of hydrogen-bond donors (Lipinski definition) is 2. The summed E-state index contributed by atoms with van der Waals surface area (Å²) in [5.41, 5.74) is 6.68. The van der Waals surface area contributed by atoms with Crippen LogP contribution in [0.25, 0.3) is 0 Å². The molecule has 0 bridgehead atoms. The SMILES string of the molecule is CC#CCC(N)COCCOCCc1cn[nH]n1. The molecule has 6 heteroatoms. The molecule has 1 aromatic rings. The van der Waals surface area contributed by atoms with Crippen LogP contribution in [0.15, 0.2) is 6.20 Å². The van der Waals surface area contributed by atoms with Crippen LogP contribution in [0.1, 0.15) is 19.0 Å². The molecular weight excluding hydrogens is 232 g/mol. The predicted octanol–water partition coefficient (Wildman–Crippen LogP) is 0.121. The van der Waals surface area contributed by atoms with Crippen molar-refractivity contribution in [1.82, 2.24) is 15.4 Å². The van der Waals surface area contributed by atoms with Gasteiger partial charge in [-0.2, -0.15) is 15.4 Å². The first kappa shape index (κ1) is 14.6. The van der Waals surface area contributed by atoms with Gasteiger partial charge in [0.15, 0.2) is 0 Å². The van der Waals surface area contributed by atoms with E-state index in [4.69, 9.17) is 15.2 Å². The van der Waals surface area contributed by atoms with E-state index in [1.807, 2.05) is 0 Å². The number of H-pyrrole nitrogens is 1. The summed E-state index contributed by atoms with van der Waals surface area (Å²) in [7, 11) is 0. The molecule has 0 amide bonds. The van der Waals surface area contributed by atoms with E-state index < -0.39 is 0 Å². The molecule has 1 aromatic heterocycles. The highest BCUT2D eigenvalue weighted by molar-refractivity contribution is 4.97. The van der Waals surface area contributed by atoms with Gasteiger partial charge < -0.3 is 15.2 Å². The summed E-state index contributed by atoms with van der Waals surface area (Å²) in [5.74, 6) is 5.73. The molecule has 1 rings (SSSR count). The van der Waals surface area contributed by atoms with E-state index in [1.165, 1.54) is 0 Å². The molecule has 0 fully saturated rings. The van der Waals surface area contributed by atoms with Crippen LogP contribution in [0.4, 0.5) is 0 Å². The number of aromatic amines is 1. The maximum atomic E-state index is 5.78.